The molecule has 0 amide bonds. The largest absolute Gasteiger partial charge is 0.416 e. The summed E-state index contributed by atoms with van der Waals surface area (Å²) in [6.45, 7) is 0. The van der Waals surface area contributed by atoms with Gasteiger partial charge in [0.05, 0.1) is 22.0 Å². The van der Waals surface area contributed by atoms with E-state index in [-0.39, 0.29) is 17.0 Å². The van der Waals surface area contributed by atoms with Crippen molar-refractivity contribution in [2.75, 3.05) is 0 Å². The van der Waals surface area contributed by atoms with Crippen LogP contribution < -0.4 is 0 Å². The van der Waals surface area contributed by atoms with E-state index in [1.165, 1.54) is 18.3 Å². The first-order valence-electron chi connectivity index (χ1n) is 5.36. The molecular formula is C13H7ClF4N2. The van der Waals surface area contributed by atoms with Crippen molar-refractivity contribution in [1.29, 1.82) is 5.41 Å². The zero-order chi connectivity index (χ0) is 14.9. The lowest BCUT2D eigenvalue weighted by atomic mass is 10.0. The van der Waals surface area contributed by atoms with Gasteiger partial charge in [-0.05, 0) is 30.3 Å². The normalized spacial score (nSPS) is 11.4. The smallest absolute Gasteiger partial charge is 0.298 e. The third-order valence-corrected chi connectivity index (χ3v) is 2.72. The monoisotopic (exact) mass is 302 g/mol. The van der Waals surface area contributed by atoms with E-state index < -0.39 is 17.6 Å². The maximum absolute atomic E-state index is 13.3. The first-order valence-corrected chi connectivity index (χ1v) is 5.74. The Labute approximate surface area is 116 Å². The summed E-state index contributed by atoms with van der Waals surface area (Å²) in [7, 11) is 0. The van der Waals surface area contributed by atoms with Crippen molar-refractivity contribution in [3.8, 4) is 0 Å². The summed E-state index contributed by atoms with van der Waals surface area (Å²) in [5.41, 5.74) is -1.56. The van der Waals surface area contributed by atoms with Gasteiger partial charge < -0.3 is 0 Å². The van der Waals surface area contributed by atoms with Crippen LogP contribution in [-0.4, -0.2) is 10.7 Å². The van der Waals surface area contributed by atoms with E-state index in [1.54, 1.807) is 0 Å². The van der Waals surface area contributed by atoms with Gasteiger partial charge in [0.2, 0.25) is 0 Å². The molecule has 0 aliphatic heterocycles. The van der Waals surface area contributed by atoms with Crippen molar-refractivity contribution < 1.29 is 17.6 Å². The summed E-state index contributed by atoms with van der Waals surface area (Å²) in [6.07, 6.45) is -3.42. The van der Waals surface area contributed by atoms with E-state index in [2.05, 4.69) is 4.98 Å². The maximum Gasteiger partial charge on any atom is 0.416 e. The van der Waals surface area contributed by atoms with Gasteiger partial charge in [0.15, 0.2) is 0 Å². The number of nitrogens with zero attached hydrogens (tertiary/aromatic N) is 1. The zero-order valence-corrected chi connectivity index (χ0v) is 10.6. The molecule has 7 heteroatoms. The molecular weight excluding hydrogens is 296 g/mol. The fourth-order valence-corrected chi connectivity index (χ4v) is 1.68. The summed E-state index contributed by atoms with van der Waals surface area (Å²) in [6, 6.07) is 4.77. The fourth-order valence-electron chi connectivity index (χ4n) is 1.57. The average Bonchev–Trinajstić information content (AvgIpc) is 2.37. The standard InChI is InChI=1S/C13H7ClF4N2/c14-9-1-2-11(20-6-9)12(19)7-3-8(13(16,17)18)5-10(15)4-7/h1-6,19H. The molecule has 0 bridgehead atoms. The van der Waals surface area contributed by atoms with Gasteiger partial charge in [0.25, 0.3) is 0 Å². The van der Waals surface area contributed by atoms with E-state index in [0.717, 1.165) is 6.07 Å². The minimum absolute atomic E-state index is 0.105. The first-order chi connectivity index (χ1) is 9.27. The fraction of sp³-hybridized carbons (Fsp3) is 0.0769. The molecule has 2 rings (SSSR count). The van der Waals surface area contributed by atoms with E-state index >= 15 is 0 Å². The van der Waals surface area contributed by atoms with Gasteiger partial charge in [-0.15, -0.1) is 0 Å². The van der Waals surface area contributed by atoms with Gasteiger partial charge in [-0.3, -0.25) is 10.4 Å². The van der Waals surface area contributed by atoms with Gasteiger partial charge in [0, 0.05) is 11.8 Å². The lowest BCUT2D eigenvalue weighted by Crippen LogP contribution is -2.10. The molecule has 1 N–H and O–H groups in total. The van der Waals surface area contributed by atoms with Crippen LogP contribution in [0.1, 0.15) is 16.8 Å². The Balaban J connectivity index is 2.45. The molecule has 1 heterocycles. The highest BCUT2D eigenvalue weighted by Crippen LogP contribution is 2.30. The topological polar surface area (TPSA) is 36.7 Å². The Morgan fingerprint density at radius 3 is 2.40 bits per heavy atom. The number of hydrogen-bond acceptors (Lipinski definition) is 2. The molecule has 0 aliphatic carbocycles. The second-order valence-electron chi connectivity index (χ2n) is 3.96. The minimum atomic E-state index is -4.68. The van der Waals surface area contributed by atoms with Gasteiger partial charge in [-0.2, -0.15) is 13.2 Å². The van der Waals surface area contributed by atoms with E-state index in [9.17, 15) is 17.6 Å². The van der Waals surface area contributed by atoms with Gasteiger partial charge in [-0.1, -0.05) is 11.6 Å². The molecule has 0 saturated carbocycles. The van der Waals surface area contributed by atoms with Gasteiger partial charge in [0.1, 0.15) is 5.82 Å². The Morgan fingerprint density at radius 2 is 1.85 bits per heavy atom. The van der Waals surface area contributed by atoms with Crippen LogP contribution >= 0.6 is 11.6 Å². The number of aromatic nitrogens is 1. The van der Waals surface area contributed by atoms with Crippen LogP contribution in [-0.2, 0) is 6.18 Å². The molecule has 2 nitrogen and oxygen atoms in total. The lowest BCUT2D eigenvalue weighted by Gasteiger charge is -2.10. The van der Waals surface area contributed by atoms with Crippen molar-refractivity contribution in [3.63, 3.8) is 0 Å². The molecule has 0 atom stereocenters. The summed E-state index contributed by atoms with van der Waals surface area (Å²) in [5, 5.41) is 8.13. The van der Waals surface area contributed by atoms with E-state index in [0.29, 0.717) is 17.2 Å². The van der Waals surface area contributed by atoms with Crippen LogP contribution in [0.2, 0.25) is 5.02 Å². The summed E-state index contributed by atoms with van der Waals surface area (Å²) in [5.74, 6) is -1.06. The molecule has 2 aromatic rings. The second-order valence-corrected chi connectivity index (χ2v) is 4.40. The van der Waals surface area contributed by atoms with Crippen molar-refractivity contribution in [2.45, 2.75) is 6.18 Å². The van der Waals surface area contributed by atoms with Crippen LogP contribution in [0.5, 0.6) is 0 Å². The highest BCUT2D eigenvalue weighted by molar-refractivity contribution is 6.30. The summed E-state index contributed by atoms with van der Waals surface area (Å²) in [4.78, 5) is 3.82. The third-order valence-electron chi connectivity index (χ3n) is 2.50. The number of nitrogens with one attached hydrogen (secondary N) is 1. The predicted octanol–water partition coefficient (Wildman–Crippen LogP) is 4.31. The average molecular weight is 303 g/mol. The van der Waals surface area contributed by atoms with E-state index in [4.69, 9.17) is 17.0 Å². The van der Waals surface area contributed by atoms with Crippen LogP contribution in [0.3, 0.4) is 0 Å². The minimum Gasteiger partial charge on any atom is -0.298 e. The number of benzene rings is 1. The molecule has 0 aliphatic rings. The van der Waals surface area contributed by atoms with Crippen molar-refractivity contribution in [2.24, 2.45) is 0 Å². The van der Waals surface area contributed by atoms with Crippen molar-refractivity contribution in [1.82, 2.24) is 4.98 Å². The summed E-state index contributed by atoms with van der Waals surface area (Å²) < 4.78 is 51.0. The lowest BCUT2D eigenvalue weighted by molar-refractivity contribution is -0.137. The number of halogens is 5. The third kappa shape index (κ3) is 3.14. The Hall–Kier alpha value is -1.95. The molecule has 1 aromatic carbocycles. The van der Waals surface area contributed by atoms with Crippen LogP contribution in [0, 0.1) is 11.2 Å². The predicted molar refractivity (Wildman–Crippen MR) is 66.6 cm³/mol. The zero-order valence-electron chi connectivity index (χ0n) is 9.80. The second kappa shape index (κ2) is 5.20. The van der Waals surface area contributed by atoms with Gasteiger partial charge >= 0.3 is 6.18 Å². The van der Waals surface area contributed by atoms with Crippen LogP contribution in [0.25, 0.3) is 0 Å². The SMILES string of the molecule is N=C(c1cc(F)cc(C(F)(F)F)c1)c1ccc(Cl)cn1. The molecule has 104 valence electrons. The summed E-state index contributed by atoms with van der Waals surface area (Å²) >= 11 is 5.63. The quantitative estimate of drug-likeness (QED) is 0.651. The first kappa shape index (κ1) is 14.5. The number of hydrogen-bond donors (Lipinski definition) is 1. The van der Waals surface area contributed by atoms with Crippen LogP contribution in [0.15, 0.2) is 36.5 Å². The van der Waals surface area contributed by atoms with Crippen LogP contribution in [0.4, 0.5) is 17.6 Å². The molecule has 20 heavy (non-hydrogen) atoms. The van der Waals surface area contributed by atoms with E-state index in [1.807, 2.05) is 0 Å². The number of pyridine rings is 1. The molecule has 1 aromatic heterocycles. The number of alkyl halides is 3. The Morgan fingerprint density at radius 1 is 1.15 bits per heavy atom. The molecule has 0 spiro atoms. The van der Waals surface area contributed by atoms with Crippen molar-refractivity contribution in [3.05, 3.63) is 64.2 Å². The van der Waals surface area contributed by atoms with Crippen molar-refractivity contribution >= 4 is 17.3 Å². The Bertz CT molecular complexity index is 650. The molecule has 0 saturated heterocycles. The molecule has 0 radical (unpaired) electrons. The Kier molecular flexibility index (Phi) is 3.76. The molecule has 0 unspecified atom stereocenters. The highest BCUT2D eigenvalue weighted by Gasteiger charge is 2.31. The highest BCUT2D eigenvalue weighted by atomic mass is 35.5. The molecule has 0 fully saturated rings. The number of rotatable bonds is 2. The van der Waals surface area contributed by atoms with Gasteiger partial charge in [-0.25, -0.2) is 4.39 Å². The maximum atomic E-state index is 13.3.